The molecule has 0 atom stereocenters. The number of carbonyl (C=O) groups is 2. The van der Waals surface area contributed by atoms with Gasteiger partial charge in [-0.25, -0.2) is 19.6 Å². The van der Waals surface area contributed by atoms with E-state index in [1.54, 1.807) is 16.5 Å². The molecule has 0 spiro atoms. The summed E-state index contributed by atoms with van der Waals surface area (Å²) in [5.41, 5.74) is 0.137. The number of nitrogens with zero attached hydrogens (tertiary/aromatic N) is 3. The van der Waals surface area contributed by atoms with Gasteiger partial charge in [0.2, 0.25) is 5.89 Å². The average Bonchev–Trinajstić information content (AvgIpc) is 3.07. The van der Waals surface area contributed by atoms with Crippen LogP contribution in [0, 0.1) is 0 Å². The van der Waals surface area contributed by atoms with Crippen molar-refractivity contribution in [2.75, 3.05) is 25.5 Å². The molecule has 2 amide bonds. The Morgan fingerprint density at radius 1 is 1.52 bits per heavy atom. The van der Waals surface area contributed by atoms with E-state index in [0.717, 1.165) is 0 Å². The smallest absolute Gasteiger partial charge is 0.360 e. The number of esters is 1. The second-order valence-corrected chi connectivity index (χ2v) is 5.33. The molecule has 0 bridgehead atoms. The first-order valence-corrected chi connectivity index (χ1v) is 7.04. The summed E-state index contributed by atoms with van der Waals surface area (Å²) in [5, 5.41) is 5.05. The van der Waals surface area contributed by atoms with Crippen molar-refractivity contribution in [1.82, 2.24) is 14.9 Å². The number of carbonyl (C=O) groups excluding carboxylic acids is 2. The van der Waals surface area contributed by atoms with Crippen molar-refractivity contribution < 1.29 is 18.7 Å². The van der Waals surface area contributed by atoms with Gasteiger partial charge in [-0.2, -0.15) is 0 Å². The fraction of sp³-hybridized carbons (Fsp3) is 0.333. The number of hydrogen-bond acceptors (Lipinski definition) is 7. The highest BCUT2D eigenvalue weighted by molar-refractivity contribution is 7.13. The van der Waals surface area contributed by atoms with E-state index < -0.39 is 5.97 Å². The lowest BCUT2D eigenvalue weighted by Gasteiger charge is -2.36. The number of nitrogens with one attached hydrogen (secondary N) is 1. The number of thiazole rings is 1. The predicted octanol–water partition coefficient (Wildman–Crippen LogP) is 1.55. The van der Waals surface area contributed by atoms with E-state index in [1.165, 1.54) is 24.7 Å². The Bertz CT molecular complexity index is 648. The largest absolute Gasteiger partial charge is 0.464 e. The monoisotopic (exact) mass is 308 g/mol. The molecule has 21 heavy (non-hydrogen) atoms. The Kier molecular flexibility index (Phi) is 3.57. The summed E-state index contributed by atoms with van der Waals surface area (Å²) in [7, 11) is 1.28. The summed E-state index contributed by atoms with van der Waals surface area (Å²) in [6, 6.07) is -0.207. The Hall–Kier alpha value is -2.42. The lowest BCUT2D eigenvalue weighted by molar-refractivity contribution is 0.0593. The van der Waals surface area contributed by atoms with Gasteiger partial charge in [0.15, 0.2) is 10.8 Å². The highest BCUT2D eigenvalue weighted by Crippen LogP contribution is 2.27. The van der Waals surface area contributed by atoms with Gasteiger partial charge in [-0.05, 0) is 0 Å². The zero-order chi connectivity index (χ0) is 14.8. The van der Waals surface area contributed by atoms with Gasteiger partial charge >= 0.3 is 12.0 Å². The lowest BCUT2D eigenvalue weighted by Crippen LogP contribution is -2.50. The number of aromatic nitrogens is 2. The molecule has 0 radical (unpaired) electrons. The molecule has 0 aliphatic carbocycles. The average molecular weight is 308 g/mol. The highest BCUT2D eigenvalue weighted by atomic mass is 32.1. The molecule has 9 heteroatoms. The van der Waals surface area contributed by atoms with E-state index in [0.29, 0.717) is 24.1 Å². The zero-order valence-electron chi connectivity index (χ0n) is 11.1. The van der Waals surface area contributed by atoms with Crippen LogP contribution in [0.2, 0.25) is 0 Å². The zero-order valence-corrected chi connectivity index (χ0v) is 11.9. The Balaban J connectivity index is 1.54. The fourth-order valence-electron chi connectivity index (χ4n) is 1.93. The minimum absolute atomic E-state index is 0.00884. The molecule has 3 rings (SSSR count). The third-order valence-corrected chi connectivity index (χ3v) is 3.77. The van der Waals surface area contributed by atoms with Crippen molar-refractivity contribution in [3.63, 3.8) is 0 Å². The summed E-state index contributed by atoms with van der Waals surface area (Å²) < 4.78 is 9.80. The van der Waals surface area contributed by atoms with Crippen molar-refractivity contribution in [3.05, 3.63) is 29.4 Å². The number of ether oxygens (including phenoxy) is 1. The maximum absolute atomic E-state index is 11.9. The Morgan fingerprint density at radius 3 is 3.00 bits per heavy atom. The number of rotatable bonds is 3. The van der Waals surface area contributed by atoms with Crippen molar-refractivity contribution >= 4 is 28.5 Å². The van der Waals surface area contributed by atoms with Crippen molar-refractivity contribution in [2.24, 2.45) is 0 Å². The quantitative estimate of drug-likeness (QED) is 0.864. The number of hydrogen-bond donors (Lipinski definition) is 1. The molecule has 3 heterocycles. The van der Waals surface area contributed by atoms with Gasteiger partial charge in [-0.15, -0.1) is 11.3 Å². The van der Waals surface area contributed by atoms with Crippen LogP contribution in [0.1, 0.15) is 22.3 Å². The topological polar surface area (TPSA) is 97.6 Å². The van der Waals surface area contributed by atoms with Gasteiger partial charge in [0.1, 0.15) is 6.26 Å². The van der Waals surface area contributed by atoms with Gasteiger partial charge in [0.25, 0.3) is 0 Å². The van der Waals surface area contributed by atoms with Gasteiger partial charge < -0.3 is 14.1 Å². The number of methoxy groups -OCH3 is 1. The highest BCUT2D eigenvalue weighted by Gasteiger charge is 2.35. The van der Waals surface area contributed by atoms with E-state index in [1.807, 2.05) is 0 Å². The summed E-state index contributed by atoms with van der Waals surface area (Å²) in [4.78, 5) is 32.8. The summed E-state index contributed by atoms with van der Waals surface area (Å²) in [5.74, 6) is -0.109. The first-order valence-electron chi connectivity index (χ1n) is 6.16. The predicted molar refractivity (Wildman–Crippen MR) is 73.3 cm³/mol. The maximum atomic E-state index is 11.9. The van der Waals surface area contributed by atoms with Crippen molar-refractivity contribution in [1.29, 1.82) is 0 Å². The first kappa shape index (κ1) is 13.6. The molecular weight excluding hydrogens is 296 g/mol. The van der Waals surface area contributed by atoms with Gasteiger partial charge in [0, 0.05) is 24.7 Å². The van der Waals surface area contributed by atoms with E-state index in [2.05, 4.69) is 20.0 Å². The van der Waals surface area contributed by atoms with E-state index >= 15 is 0 Å². The Labute approximate surface area is 123 Å². The molecule has 1 aliphatic rings. The number of urea groups is 1. The van der Waals surface area contributed by atoms with Crippen LogP contribution in [0.25, 0.3) is 0 Å². The SMILES string of the molecule is COC(=O)c1coc(C2CN(C(=O)Nc3nccs3)C2)n1. The van der Waals surface area contributed by atoms with E-state index in [-0.39, 0.29) is 17.6 Å². The van der Waals surface area contributed by atoms with E-state index in [9.17, 15) is 9.59 Å². The van der Waals surface area contributed by atoms with Crippen LogP contribution in [0.3, 0.4) is 0 Å². The number of oxazole rings is 1. The normalized spacial score (nSPS) is 14.6. The molecule has 0 unspecified atom stereocenters. The fourth-order valence-corrected chi connectivity index (χ4v) is 2.45. The third-order valence-electron chi connectivity index (χ3n) is 3.08. The summed E-state index contributed by atoms with van der Waals surface area (Å²) >= 11 is 1.36. The third kappa shape index (κ3) is 2.72. The molecule has 0 saturated carbocycles. The maximum Gasteiger partial charge on any atom is 0.360 e. The standard InChI is InChI=1S/C12H12N4O4S/c1-19-10(17)8-6-20-9(14-8)7-4-16(5-7)12(18)15-11-13-2-3-21-11/h2-3,6-7H,4-5H2,1H3,(H,13,15,18). The number of anilines is 1. The lowest BCUT2D eigenvalue weighted by atomic mass is 10.0. The second kappa shape index (κ2) is 5.52. The minimum atomic E-state index is -0.539. The van der Waals surface area contributed by atoms with Crippen LogP contribution in [-0.2, 0) is 4.74 Å². The molecule has 110 valence electrons. The van der Waals surface area contributed by atoms with Gasteiger partial charge in [-0.1, -0.05) is 0 Å². The Morgan fingerprint density at radius 2 is 2.33 bits per heavy atom. The van der Waals surface area contributed by atoms with Crippen LogP contribution in [0.5, 0.6) is 0 Å². The van der Waals surface area contributed by atoms with Crippen LogP contribution >= 0.6 is 11.3 Å². The van der Waals surface area contributed by atoms with Crippen LogP contribution < -0.4 is 5.32 Å². The molecule has 2 aromatic heterocycles. The molecule has 1 saturated heterocycles. The number of amides is 2. The van der Waals surface area contributed by atoms with Gasteiger partial charge in [0.05, 0.1) is 13.0 Å². The van der Waals surface area contributed by atoms with Crippen molar-refractivity contribution in [2.45, 2.75) is 5.92 Å². The van der Waals surface area contributed by atoms with Crippen LogP contribution in [0.4, 0.5) is 9.93 Å². The number of likely N-dealkylation sites (tertiary alicyclic amines) is 1. The molecule has 1 N–H and O–H groups in total. The minimum Gasteiger partial charge on any atom is -0.464 e. The summed E-state index contributed by atoms with van der Waals surface area (Å²) in [6.45, 7) is 0.969. The first-order chi connectivity index (χ1) is 10.2. The molecule has 1 aliphatic heterocycles. The van der Waals surface area contributed by atoms with Gasteiger partial charge in [-0.3, -0.25) is 5.32 Å². The van der Waals surface area contributed by atoms with Crippen molar-refractivity contribution in [3.8, 4) is 0 Å². The molecule has 0 aromatic carbocycles. The molecule has 8 nitrogen and oxygen atoms in total. The second-order valence-electron chi connectivity index (χ2n) is 4.43. The van der Waals surface area contributed by atoms with E-state index in [4.69, 9.17) is 4.42 Å². The van der Waals surface area contributed by atoms with Crippen LogP contribution in [-0.4, -0.2) is 47.1 Å². The summed E-state index contributed by atoms with van der Waals surface area (Å²) in [6.07, 6.45) is 2.89. The molecule has 1 fully saturated rings. The molecule has 2 aromatic rings. The molecular formula is C12H12N4O4S. The van der Waals surface area contributed by atoms with Crippen LogP contribution in [0.15, 0.2) is 22.3 Å².